The molecule has 1 N–H and O–H groups in total. The van der Waals surface area contributed by atoms with Gasteiger partial charge in [0.25, 0.3) is 0 Å². The molecule has 3 nitrogen and oxygen atoms in total. The van der Waals surface area contributed by atoms with E-state index in [9.17, 15) is 9.90 Å². The number of phenols is 1. The van der Waals surface area contributed by atoms with Crippen molar-refractivity contribution in [2.45, 2.75) is 42.8 Å². The van der Waals surface area contributed by atoms with Crippen LogP contribution in [0.2, 0.25) is 10.0 Å². The van der Waals surface area contributed by atoms with E-state index in [-0.39, 0.29) is 27.0 Å². The number of rotatable bonds is 3. The van der Waals surface area contributed by atoms with Gasteiger partial charge in [-0.15, -0.1) is 11.8 Å². The van der Waals surface area contributed by atoms with Crippen LogP contribution in [0, 0.1) is 11.8 Å². The van der Waals surface area contributed by atoms with E-state index >= 15 is 0 Å². The lowest BCUT2D eigenvalue weighted by Crippen LogP contribution is -2.39. The Bertz CT molecular complexity index is 565. The second-order valence-electron chi connectivity index (χ2n) is 6.63. The number of benzene rings is 1. The maximum atomic E-state index is 12.8. The zero-order chi connectivity index (χ0) is 16.6. The molecule has 3 aliphatic rings. The third kappa shape index (κ3) is 3.92. The van der Waals surface area contributed by atoms with Crippen LogP contribution in [-0.4, -0.2) is 34.3 Å². The zero-order valence-corrected chi connectivity index (χ0v) is 15.4. The highest BCUT2D eigenvalue weighted by molar-refractivity contribution is 8.00. The minimum Gasteiger partial charge on any atom is -0.505 e. The Morgan fingerprint density at radius 2 is 1.65 bits per heavy atom. The van der Waals surface area contributed by atoms with Crippen molar-refractivity contribution in [3.05, 3.63) is 22.2 Å². The summed E-state index contributed by atoms with van der Waals surface area (Å²) in [5.41, 5.74) is 0. The quantitative estimate of drug-likeness (QED) is 0.771. The summed E-state index contributed by atoms with van der Waals surface area (Å²) in [5, 5.41) is 9.87. The molecule has 23 heavy (non-hydrogen) atoms. The second-order valence-corrected chi connectivity index (χ2v) is 8.85. The van der Waals surface area contributed by atoms with Gasteiger partial charge in [0, 0.05) is 18.0 Å². The number of fused-ring (bicyclic) bond motifs is 4. The van der Waals surface area contributed by atoms with Gasteiger partial charge >= 0.3 is 0 Å². The Morgan fingerprint density at radius 1 is 1.17 bits per heavy atom. The summed E-state index contributed by atoms with van der Waals surface area (Å²) in [6.07, 6.45) is 5.05. The third-order valence-corrected chi connectivity index (χ3v) is 6.53. The number of hydrogen-bond acceptors (Lipinski definition) is 3. The van der Waals surface area contributed by atoms with Crippen molar-refractivity contribution in [3.63, 3.8) is 0 Å². The van der Waals surface area contributed by atoms with Crippen molar-refractivity contribution in [2.75, 3.05) is 13.1 Å². The molecule has 1 saturated carbocycles. The molecular weight excluding hydrogens is 353 g/mol. The molecule has 1 unspecified atom stereocenters. The number of thioether (sulfide) groups is 1. The number of carbonyl (C=O) groups excluding carboxylic acids is 1. The van der Waals surface area contributed by atoms with Gasteiger partial charge in [0.15, 0.2) is 5.75 Å². The van der Waals surface area contributed by atoms with Crippen LogP contribution in [0.4, 0.5) is 0 Å². The smallest absolute Gasteiger partial charge is 0.235 e. The molecule has 3 fully saturated rings. The first-order chi connectivity index (χ1) is 10.9. The van der Waals surface area contributed by atoms with Crippen molar-refractivity contribution in [2.24, 2.45) is 11.8 Å². The molecule has 6 heteroatoms. The van der Waals surface area contributed by atoms with Crippen LogP contribution in [0.25, 0.3) is 0 Å². The fourth-order valence-electron chi connectivity index (χ4n) is 3.60. The number of hydrogen-bond donors (Lipinski definition) is 1. The Morgan fingerprint density at radius 3 is 2.13 bits per heavy atom. The van der Waals surface area contributed by atoms with Crippen LogP contribution >= 0.6 is 35.0 Å². The largest absolute Gasteiger partial charge is 0.505 e. The van der Waals surface area contributed by atoms with Gasteiger partial charge in [-0.05, 0) is 56.6 Å². The standard InChI is InChI=1S/C17H21Cl2NO2S/c1-10(23-13-6-14(18)16(21)15(19)7-13)17(22)20-8-11-2-3-12(9-20)5-4-11/h6-7,10-12,21H,2-5,8-9H2,1H3. The molecule has 1 aliphatic carbocycles. The minimum absolute atomic E-state index is 0.110. The Kier molecular flexibility index (Phi) is 5.34. The SMILES string of the molecule is CC(Sc1cc(Cl)c(O)c(Cl)c1)C(=O)N1CC2CCC(CC2)C1. The summed E-state index contributed by atoms with van der Waals surface area (Å²) in [5.74, 6) is 1.43. The topological polar surface area (TPSA) is 40.5 Å². The lowest BCUT2D eigenvalue weighted by Gasteiger charge is -2.26. The van der Waals surface area contributed by atoms with Gasteiger partial charge in [-0.1, -0.05) is 23.2 Å². The number of nitrogens with zero attached hydrogens (tertiary/aromatic N) is 1. The Labute approximate surface area is 151 Å². The number of aromatic hydroxyl groups is 1. The van der Waals surface area contributed by atoms with Gasteiger partial charge in [-0.25, -0.2) is 0 Å². The number of carbonyl (C=O) groups is 1. The first kappa shape index (κ1) is 17.2. The number of amides is 1. The van der Waals surface area contributed by atoms with E-state index in [1.807, 2.05) is 6.92 Å². The van der Waals surface area contributed by atoms with Crippen LogP contribution in [0.3, 0.4) is 0 Å². The van der Waals surface area contributed by atoms with Gasteiger partial charge in [0.05, 0.1) is 15.3 Å². The highest BCUT2D eigenvalue weighted by Gasteiger charge is 2.33. The van der Waals surface area contributed by atoms with Crippen molar-refractivity contribution >= 4 is 40.9 Å². The van der Waals surface area contributed by atoms with E-state index in [1.54, 1.807) is 12.1 Å². The highest BCUT2D eigenvalue weighted by atomic mass is 35.5. The van der Waals surface area contributed by atoms with E-state index in [0.29, 0.717) is 11.8 Å². The van der Waals surface area contributed by atoms with Crippen molar-refractivity contribution < 1.29 is 9.90 Å². The predicted octanol–water partition coefficient (Wildman–Crippen LogP) is 4.83. The fourth-order valence-corrected chi connectivity index (χ4v) is 5.24. The zero-order valence-electron chi connectivity index (χ0n) is 13.1. The van der Waals surface area contributed by atoms with Crippen molar-refractivity contribution in [1.29, 1.82) is 0 Å². The van der Waals surface area contributed by atoms with Gasteiger partial charge in [0.1, 0.15) is 0 Å². The van der Waals surface area contributed by atoms with E-state index in [4.69, 9.17) is 23.2 Å². The maximum absolute atomic E-state index is 12.8. The minimum atomic E-state index is -0.191. The maximum Gasteiger partial charge on any atom is 0.235 e. The molecule has 2 saturated heterocycles. The molecule has 2 heterocycles. The Balaban J connectivity index is 1.68. The lowest BCUT2D eigenvalue weighted by molar-refractivity contribution is -0.130. The van der Waals surface area contributed by atoms with E-state index in [0.717, 1.165) is 18.0 Å². The molecule has 2 aliphatic heterocycles. The van der Waals surface area contributed by atoms with Gasteiger partial charge in [0.2, 0.25) is 5.91 Å². The number of halogens is 2. The third-order valence-electron chi connectivity index (χ3n) is 4.89. The van der Waals surface area contributed by atoms with Crippen LogP contribution in [0.1, 0.15) is 32.6 Å². The molecule has 1 atom stereocenters. The average molecular weight is 374 g/mol. The van der Waals surface area contributed by atoms with Crippen LogP contribution < -0.4 is 0 Å². The van der Waals surface area contributed by atoms with Crippen molar-refractivity contribution in [3.8, 4) is 5.75 Å². The summed E-state index contributed by atoms with van der Waals surface area (Å²) < 4.78 is 0. The average Bonchev–Trinajstić information content (AvgIpc) is 2.85. The molecule has 126 valence electrons. The summed E-state index contributed by atoms with van der Waals surface area (Å²) in [6, 6.07) is 3.31. The van der Waals surface area contributed by atoms with Crippen molar-refractivity contribution in [1.82, 2.24) is 4.90 Å². The molecule has 2 bridgehead atoms. The summed E-state index contributed by atoms with van der Waals surface area (Å²) in [6.45, 7) is 3.73. The fraction of sp³-hybridized carbons (Fsp3) is 0.588. The first-order valence-corrected chi connectivity index (χ1v) is 9.71. The van der Waals surface area contributed by atoms with E-state index in [2.05, 4.69) is 4.90 Å². The molecule has 0 radical (unpaired) electrons. The molecule has 1 aromatic rings. The van der Waals surface area contributed by atoms with Crippen LogP contribution in [-0.2, 0) is 4.79 Å². The normalized spacial score (nSPS) is 25.3. The molecule has 4 rings (SSSR count). The summed E-state index contributed by atoms with van der Waals surface area (Å²) in [4.78, 5) is 15.7. The van der Waals surface area contributed by atoms with Crippen LogP contribution in [0.5, 0.6) is 5.75 Å². The molecular formula is C17H21Cl2NO2S. The molecule has 1 aromatic carbocycles. The second kappa shape index (κ2) is 7.12. The number of phenolic OH excluding ortho intramolecular Hbond substituents is 1. The van der Waals surface area contributed by atoms with E-state index < -0.39 is 0 Å². The highest BCUT2D eigenvalue weighted by Crippen LogP contribution is 2.38. The van der Waals surface area contributed by atoms with Gasteiger partial charge in [-0.2, -0.15) is 0 Å². The summed E-state index contributed by atoms with van der Waals surface area (Å²) >= 11 is 13.4. The molecule has 0 spiro atoms. The molecule has 1 amide bonds. The summed E-state index contributed by atoms with van der Waals surface area (Å²) in [7, 11) is 0. The predicted molar refractivity (Wildman–Crippen MR) is 95.5 cm³/mol. The van der Waals surface area contributed by atoms with Crippen LogP contribution in [0.15, 0.2) is 17.0 Å². The molecule has 0 aromatic heterocycles. The first-order valence-electron chi connectivity index (χ1n) is 8.07. The lowest BCUT2D eigenvalue weighted by atomic mass is 9.84. The van der Waals surface area contributed by atoms with Gasteiger partial charge in [-0.3, -0.25) is 4.79 Å². The van der Waals surface area contributed by atoms with E-state index in [1.165, 1.54) is 37.4 Å². The monoisotopic (exact) mass is 373 g/mol. The van der Waals surface area contributed by atoms with Gasteiger partial charge < -0.3 is 10.0 Å². The Hall–Kier alpha value is -0.580.